The number of benzene rings is 2. The number of hydrogen-bond acceptors (Lipinski definition) is 3. The number of allylic oxidation sites excluding steroid dienone is 2. The Labute approximate surface area is 171 Å². The number of aromatic nitrogens is 2. The molecule has 0 spiro atoms. The van der Waals surface area contributed by atoms with Crippen LogP contribution in [0, 0.1) is 0 Å². The monoisotopic (exact) mass is 386 g/mol. The fourth-order valence-corrected chi connectivity index (χ4v) is 4.70. The Hall–Kier alpha value is -2.85. The molecule has 2 heterocycles. The minimum atomic E-state index is -0.538. The smallest absolute Gasteiger partial charge is 0.120 e. The van der Waals surface area contributed by atoms with Crippen molar-refractivity contribution in [2.75, 3.05) is 0 Å². The summed E-state index contributed by atoms with van der Waals surface area (Å²) in [5, 5.41) is 11.0. The van der Waals surface area contributed by atoms with E-state index in [9.17, 15) is 5.11 Å². The molecule has 1 aliphatic carbocycles. The van der Waals surface area contributed by atoms with Crippen LogP contribution in [0.5, 0.6) is 5.75 Å². The minimum Gasteiger partial charge on any atom is -0.489 e. The highest BCUT2D eigenvalue weighted by Crippen LogP contribution is 2.47. The second-order valence-electron chi connectivity index (χ2n) is 8.01. The van der Waals surface area contributed by atoms with E-state index in [1.54, 1.807) is 0 Å². The molecule has 0 amide bonds. The standard InChI is InChI=1S/C25H26N2O2/c28-25(14-23-21-11-4-5-12-22(21)24-15-26-17-27(23)24)19-9-6-10-20(13-19)29-16-18-7-2-1-3-8-18/h1-3,6-10,13,15,17,23,25,28H,4-5,11-12,14,16H2. The molecule has 1 aromatic heterocycles. The maximum Gasteiger partial charge on any atom is 0.120 e. The van der Waals surface area contributed by atoms with Crippen LogP contribution in [0.2, 0.25) is 0 Å². The van der Waals surface area contributed by atoms with Gasteiger partial charge in [-0.05, 0) is 60.1 Å². The van der Waals surface area contributed by atoms with E-state index in [-0.39, 0.29) is 6.04 Å². The van der Waals surface area contributed by atoms with Crippen LogP contribution in [0.25, 0.3) is 5.57 Å². The van der Waals surface area contributed by atoms with Crippen LogP contribution in [0.1, 0.15) is 61.1 Å². The minimum absolute atomic E-state index is 0.215. The van der Waals surface area contributed by atoms with Crippen molar-refractivity contribution in [1.82, 2.24) is 9.55 Å². The van der Waals surface area contributed by atoms with E-state index in [4.69, 9.17) is 4.74 Å². The zero-order chi connectivity index (χ0) is 19.6. The number of ether oxygens (including phenoxy) is 1. The highest BCUT2D eigenvalue weighted by Gasteiger charge is 2.33. The molecule has 1 aliphatic heterocycles. The lowest BCUT2D eigenvalue weighted by atomic mass is 9.86. The van der Waals surface area contributed by atoms with Crippen molar-refractivity contribution in [2.45, 2.75) is 50.9 Å². The third-order valence-electron chi connectivity index (χ3n) is 6.16. The van der Waals surface area contributed by atoms with Crippen molar-refractivity contribution >= 4 is 5.57 Å². The van der Waals surface area contributed by atoms with Crippen molar-refractivity contribution in [3.63, 3.8) is 0 Å². The van der Waals surface area contributed by atoms with Crippen molar-refractivity contribution in [3.05, 3.63) is 89.5 Å². The predicted octanol–water partition coefficient (Wildman–Crippen LogP) is 5.47. The first kappa shape index (κ1) is 18.2. The van der Waals surface area contributed by atoms with Crippen LogP contribution in [0.4, 0.5) is 0 Å². The third-order valence-corrected chi connectivity index (χ3v) is 6.16. The molecule has 2 aromatic carbocycles. The Kier molecular flexibility index (Phi) is 4.94. The van der Waals surface area contributed by atoms with Gasteiger partial charge in [-0.1, -0.05) is 42.5 Å². The lowest BCUT2D eigenvalue weighted by molar-refractivity contribution is 0.151. The lowest BCUT2D eigenvalue weighted by Gasteiger charge is -2.23. The summed E-state index contributed by atoms with van der Waals surface area (Å²) in [7, 11) is 0. The zero-order valence-corrected chi connectivity index (χ0v) is 16.5. The summed E-state index contributed by atoms with van der Waals surface area (Å²) < 4.78 is 8.21. The fraction of sp³-hybridized carbons (Fsp3) is 0.320. The summed E-state index contributed by atoms with van der Waals surface area (Å²) in [5.74, 6) is 0.790. The molecule has 0 saturated carbocycles. The van der Waals surface area contributed by atoms with Gasteiger partial charge in [0.2, 0.25) is 0 Å². The quantitative estimate of drug-likeness (QED) is 0.611. The van der Waals surface area contributed by atoms with Gasteiger partial charge >= 0.3 is 0 Å². The number of rotatable bonds is 6. The van der Waals surface area contributed by atoms with Gasteiger partial charge in [-0.2, -0.15) is 0 Å². The summed E-state index contributed by atoms with van der Waals surface area (Å²) in [6.45, 7) is 0.525. The van der Waals surface area contributed by atoms with Crippen molar-refractivity contribution < 1.29 is 9.84 Å². The van der Waals surface area contributed by atoms with Gasteiger partial charge in [-0.15, -0.1) is 0 Å². The van der Waals surface area contributed by atoms with E-state index in [1.807, 2.05) is 55.0 Å². The summed E-state index contributed by atoms with van der Waals surface area (Å²) in [4.78, 5) is 4.36. The van der Waals surface area contributed by atoms with Crippen LogP contribution in [0.3, 0.4) is 0 Å². The molecule has 0 radical (unpaired) electrons. The molecule has 148 valence electrons. The largest absolute Gasteiger partial charge is 0.489 e. The Bertz CT molecular complexity index is 1020. The maximum atomic E-state index is 11.0. The predicted molar refractivity (Wildman–Crippen MR) is 113 cm³/mol. The average molecular weight is 386 g/mol. The lowest BCUT2D eigenvalue weighted by Crippen LogP contribution is -2.13. The van der Waals surface area contributed by atoms with Gasteiger partial charge in [0.05, 0.1) is 30.4 Å². The van der Waals surface area contributed by atoms with E-state index in [0.717, 1.165) is 29.7 Å². The fourth-order valence-electron chi connectivity index (χ4n) is 4.70. The van der Waals surface area contributed by atoms with Crippen LogP contribution in [-0.4, -0.2) is 14.7 Å². The molecule has 4 heteroatoms. The molecular weight excluding hydrogens is 360 g/mol. The molecule has 4 nitrogen and oxygen atoms in total. The first-order valence-corrected chi connectivity index (χ1v) is 10.5. The summed E-state index contributed by atoms with van der Waals surface area (Å²) in [5.41, 5.74) is 6.25. The number of hydrogen-bond donors (Lipinski definition) is 1. The number of imidazole rings is 1. The molecule has 2 aliphatic rings. The number of nitrogens with zero attached hydrogens (tertiary/aromatic N) is 2. The highest BCUT2D eigenvalue weighted by atomic mass is 16.5. The molecule has 0 saturated heterocycles. The van der Waals surface area contributed by atoms with Gasteiger partial charge in [0, 0.05) is 6.42 Å². The summed E-state index contributed by atoms with van der Waals surface area (Å²) in [6, 6.07) is 18.2. The maximum absolute atomic E-state index is 11.0. The van der Waals surface area contributed by atoms with Gasteiger partial charge in [0.15, 0.2) is 0 Å². The second kappa shape index (κ2) is 7.88. The Morgan fingerprint density at radius 1 is 1.07 bits per heavy atom. The van der Waals surface area contributed by atoms with E-state index in [1.165, 1.54) is 29.7 Å². The molecule has 29 heavy (non-hydrogen) atoms. The van der Waals surface area contributed by atoms with Gasteiger partial charge < -0.3 is 14.4 Å². The molecule has 0 bridgehead atoms. The average Bonchev–Trinajstić information content (AvgIpc) is 3.36. The molecule has 1 N–H and O–H groups in total. The number of fused-ring (bicyclic) bond motifs is 2. The molecule has 5 rings (SSSR count). The molecule has 3 aromatic rings. The zero-order valence-electron chi connectivity index (χ0n) is 16.5. The van der Waals surface area contributed by atoms with Gasteiger partial charge in [0.1, 0.15) is 12.4 Å². The first-order chi connectivity index (χ1) is 14.3. The number of aliphatic hydroxyl groups excluding tert-OH is 1. The van der Waals surface area contributed by atoms with Crippen molar-refractivity contribution in [1.29, 1.82) is 0 Å². The summed E-state index contributed by atoms with van der Waals surface area (Å²) >= 11 is 0. The second-order valence-corrected chi connectivity index (χ2v) is 8.01. The molecule has 0 fully saturated rings. The molecule has 2 atom stereocenters. The SMILES string of the molecule is OC(CC1C2=C(CCCC2)c2cncn21)c1cccc(OCc2ccccc2)c1. The first-order valence-electron chi connectivity index (χ1n) is 10.5. The van der Waals surface area contributed by atoms with Gasteiger partial charge in [0.25, 0.3) is 0 Å². The third kappa shape index (κ3) is 3.60. The van der Waals surface area contributed by atoms with Crippen LogP contribution < -0.4 is 4.74 Å². The Morgan fingerprint density at radius 3 is 2.83 bits per heavy atom. The van der Waals surface area contributed by atoms with Crippen LogP contribution in [-0.2, 0) is 6.61 Å². The van der Waals surface area contributed by atoms with Crippen molar-refractivity contribution in [2.24, 2.45) is 0 Å². The van der Waals surface area contributed by atoms with Gasteiger partial charge in [-0.3, -0.25) is 0 Å². The molecular formula is C25H26N2O2. The molecule has 2 unspecified atom stereocenters. The topological polar surface area (TPSA) is 47.3 Å². The van der Waals surface area contributed by atoms with Crippen LogP contribution in [0.15, 0.2) is 72.7 Å². The van der Waals surface area contributed by atoms with E-state index >= 15 is 0 Å². The van der Waals surface area contributed by atoms with Crippen LogP contribution >= 0.6 is 0 Å². The van der Waals surface area contributed by atoms with Crippen molar-refractivity contribution in [3.8, 4) is 5.75 Å². The highest BCUT2D eigenvalue weighted by molar-refractivity contribution is 5.71. The Balaban J connectivity index is 1.31. The van der Waals surface area contributed by atoms with E-state index in [0.29, 0.717) is 13.0 Å². The normalized spacial score (nSPS) is 19.0. The summed E-state index contributed by atoms with van der Waals surface area (Å²) in [6.07, 6.45) is 8.79. The number of aliphatic hydroxyl groups is 1. The van der Waals surface area contributed by atoms with Gasteiger partial charge in [-0.25, -0.2) is 4.98 Å². The Morgan fingerprint density at radius 2 is 1.93 bits per heavy atom. The van der Waals surface area contributed by atoms with E-state index < -0.39 is 6.10 Å². The van der Waals surface area contributed by atoms with E-state index in [2.05, 4.69) is 21.7 Å².